The van der Waals surface area contributed by atoms with Crippen molar-refractivity contribution >= 4 is 30.0 Å². The molecule has 0 saturated heterocycles. The number of fused-ring (bicyclic) bond motifs is 13. The van der Waals surface area contributed by atoms with Gasteiger partial charge in [0.2, 0.25) is 11.8 Å². The molecule has 0 aromatic heterocycles. The van der Waals surface area contributed by atoms with Gasteiger partial charge in [-0.1, -0.05) is 24.3 Å². The maximum Gasteiger partial charge on any atom is 0.338 e. The summed E-state index contributed by atoms with van der Waals surface area (Å²) in [4.78, 5) is 52.1. The number of carbonyl (C=O) groups is 4. The number of halogens is 1. The normalized spacial score (nSPS) is 20.2. The quantitative estimate of drug-likeness (QED) is 0.0675. The van der Waals surface area contributed by atoms with Gasteiger partial charge in [-0.25, -0.2) is 0 Å². The zero-order chi connectivity index (χ0) is 27.0. The van der Waals surface area contributed by atoms with Crippen LogP contribution in [0.2, 0.25) is 0 Å². The number of hydrogen-bond acceptors (Lipinski definition) is 6. The van der Waals surface area contributed by atoms with E-state index in [9.17, 15) is 19.2 Å². The van der Waals surface area contributed by atoms with Crippen molar-refractivity contribution in [1.29, 1.82) is 0 Å². The van der Waals surface area contributed by atoms with E-state index in [-0.39, 0.29) is 55.4 Å². The highest BCUT2D eigenvalue weighted by Crippen LogP contribution is 2.19. The minimum absolute atomic E-state index is 0. The monoisotopic (exact) mass is 551 g/mol. The third kappa shape index (κ3) is 12.6. The van der Waals surface area contributed by atoms with E-state index < -0.39 is 18.0 Å². The molecule has 2 heterocycles. The molecular formula is C26H38ClN5O6. The molecule has 210 valence electrons. The Labute approximate surface area is 229 Å². The van der Waals surface area contributed by atoms with Crippen molar-refractivity contribution in [2.45, 2.75) is 57.5 Å². The predicted octanol–water partition coefficient (Wildman–Crippen LogP) is -4.17. The van der Waals surface area contributed by atoms with E-state index in [0.29, 0.717) is 51.1 Å². The van der Waals surface area contributed by atoms with Crippen molar-refractivity contribution in [3.8, 4) is 5.75 Å². The smallest absolute Gasteiger partial charge is 0.338 e. The third-order valence-electron chi connectivity index (χ3n) is 5.90. The summed E-state index contributed by atoms with van der Waals surface area (Å²) >= 11 is 0. The average molecular weight is 552 g/mol. The Balaban J connectivity index is 0.00000722. The van der Waals surface area contributed by atoms with Gasteiger partial charge < -0.3 is 32.5 Å². The number of ether oxygens (including phenoxy) is 2. The molecule has 2 amide bonds. The van der Waals surface area contributed by atoms with Crippen LogP contribution in [0.4, 0.5) is 0 Å². The number of rotatable bonds is 9. The second-order valence-electron chi connectivity index (χ2n) is 9.00. The molecule has 2 bridgehead atoms. The van der Waals surface area contributed by atoms with Gasteiger partial charge in [-0.3, -0.25) is 35.6 Å². The molecule has 3 atom stereocenters. The Morgan fingerprint density at radius 2 is 1.92 bits per heavy atom. The van der Waals surface area contributed by atoms with Crippen LogP contribution in [0.3, 0.4) is 0 Å². The molecule has 2 aliphatic heterocycles. The van der Waals surface area contributed by atoms with Gasteiger partial charge in [0.05, 0.1) is 18.6 Å². The zero-order valence-electron chi connectivity index (χ0n) is 21.6. The third-order valence-corrected chi connectivity index (χ3v) is 5.90. The lowest BCUT2D eigenvalue weighted by atomic mass is 9.90. The molecule has 0 saturated carbocycles. The number of Topliss-reactive ketones (excluding diaryl/α,β-unsaturated/α-hetero) is 1. The summed E-state index contributed by atoms with van der Waals surface area (Å²) in [6, 6.07) is 6.07. The molecule has 1 aromatic carbocycles. The molecule has 0 spiro atoms. The predicted molar refractivity (Wildman–Crippen MR) is 137 cm³/mol. The molecule has 12 heteroatoms. The molecule has 1 aromatic rings. The lowest BCUT2D eigenvalue weighted by Gasteiger charge is -2.23. The van der Waals surface area contributed by atoms with Gasteiger partial charge in [0.25, 0.3) is 6.47 Å². The summed E-state index contributed by atoms with van der Waals surface area (Å²) in [5.74, 6) is -0.728. The maximum absolute atomic E-state index is 13.3. The lowest BCUT2D eigenvalue weighted by molar-refractivity contribution is -0.459. The second kappa shape index (κ2) is 17.8. The SMILES string of the molecule is CC(=O)N[C@H]1Cc2ccc(cc2)OCC=CC[C@@H](COC=O)NC(=O)[C@H](CCCC[NH+]=C(N)N)CC1=O.[Cl-]. The number of benzene rings is 1. The van der Waals surface area contributed by atoms with Gasteiger partial charge in [0, 0.05) is 19.3 Å². The minimum Gasteiger partial charge on any atom is -1.00 e. The van der Waals surface area contributed by atoms with Gasteiger partial charge in [-0.15, -0.1) is 0 Å². The summed E-state index contributed by atoms with van der Waals surface area (Å²) < 4.78 is 10.6. The molecule has 38 heavy (non-hydrogen) atoms. The van der Waals surface area contributed by atoms with Crippen molar-refractivity contribution in [3.05, 3.63) is 42.0 Å². The number of amides is 2. The first-order valence-corrected chi connectivity index (χ1v) is 12.4. The first-order chi connectivity index (χ1) is 17.8. The van der Waals surface area contributed by atoms with E-state index >= 15 is 0 Å². The van der Waals surface area contributed by atoms with E-state index in [4.69, 9.17) is 20.9 Å². The van der Waals surface area contributed by atoms with E-state index in [0.717, 1.165) is 5.56 Å². The summed E-state index contributed by atoms with van der Waals surface area (Å²) in [5.41, 5.74) is 11.7. The van der Waals surface area contributed by atoms with E-state index in [2.05, 4.69) is 15.6 Å². The fraction of sp³-hybridized carbons (Fsp3) is 0.500. The Morgan fingerprint density at radius 3 is 2.58 bits per heavy atom. The highest BCUT2D eigenvalue weighted by Gasteiger charge is 2.28. The van der Waals surface area contributed by atoms with Gasteiger partial charge >= 0.3 is 5.96 Å². The van der Waals surface area contributed by atoms with Crippen molar-refractivity contribution in [3.63, 3.8) is 0 Å². The minimum atomic E-state index is -0.778. The summed E-state index contributed by atoms with van der Waals surface area (Å²) in [7, 11) is 0. The molecule has 0 fully saturated rings. The van der Waals surface area contributed by atoms with Crippen molar-refractivity contribution < 1.29 is 46.1 Å². The Hall–Kier alpha value is -3.60. The van der Waals surface area contributed by atoms with Gasteiger partial charge in [0.1, 0.15) is 19.0 Å². The molecule has 7 N–H and O–H groups in total. The summed E-state index contributed by atoms with van der Waals surface area (Å²) in [6.45, 7) is 2.54. The molecular weight excluding hydrogens is 514 g/mol. The Morgan fingerprint density at radius 1 is 1.18 bits per heavy atom. The van der Waals surface area contributed by atoms with Crippen LogP contribution < -0.4 is 44.2 Å². The first-order valence-electron chi connectivity index (χ1n) is 12.4. The van der Waals surface area contributed by atoms with Crippen LogP contribution in [0.5, 0.6) is 5.75 Å². The number of carbonyl (C=O) groups excluding carboxylic acids is 4. The molecule has 0 aliphatic carbocycles. The van der Waals surface area contributed by atoms with Crippen LogP contribution in [0.25, 0.3) is 0 Å². The fourth-order valence-electron chi connectivity index (χ4n) is 4.02. The molecule has 11 nitrogen and oxygen atoms in total. The highest BCUT2D eigenvalue weighted by atomic mass is 35.5. The largest absolute Gasteiger partial charge is 1.00 e. The number of ketones is 1. The van der Waals surface area contributed by atoms with Crippen LogP contribution in [-0.4, -0.2) is 61.9 Å². The van der Waals surface area contributed by atoms with Crippen molar-refractivity contribution in [2.24, 2.45) is 17.4 Å². The molecule has 3 rings (SSSR count). The van der Waals surface area contributed by atoms with E-state index in [1.54, 1.807) is 0 Å². The molecule has 0 radical (unpaired) electrons. The van der Waals surface area contributed by atoms with E-state index in [1.807, 2.05) is 36.4 Å². The van der Waals surface area contributed by atoms with Crippen LogP contribution in [0, 0.1) is 5.92 Å². The van der Waals surface area contributed by atoms with Crippen LogP contribution in [-0.2, 0) is 30.3 Å². The first kappa shape index (κ1) is 32.4. The lowest BCUT2D eigenvalue weighted by Crippen LogP contribution is -3.00. The Kier molecular flexibility index (Phi) is 15.2. The number of hydrogen-bond donors (Lipinski definition) is 5. The van der Waals surface area contributed by atoms with Gasteiger partial charge in [-0.2, -0.15) is 0 Å². The number of guanidine groups is 1. The topological polar surface area (TPSA) is 177 Å². The highest BCUT2D eigenvalue weighted by molar-refractivity contribution is 5.92. The van der Waals surface area contributed by atoms with E-state index in [1.165, 1.54) is 6.92 Å². The Bertz CT molecular complexity index is 965. The standard InChI is InChI=1S/C26H37N5O6.ClH/c1-18(33)30-23-14-19-8-10-22(11-9-19)37-13-5-3-7-21(16-36-17-32)31-25(35)20(15-24(23)34)6-2-4-12-29-26(27)28;/h3,5,8-11,17,20-21,23H,2,4,6-7,12-16H2,1H3,(H,30,33)(H,31,35)(H4,27,28,29);1H/t20-,21+,23+;/m1./s1. The zero-order valence-corrected chi connectivity index (χ0v) is 22.4. The van der Waals surface area contributed by atoms with Crippen molar-refractivity contribution in [1.82, 2.24) is 10.6 Å². The average Bonchev–Trinajstić information content (AvgIpc) is 2.85. The van der Waals surface area contributed by atoms with Crippen LogP contribution >= 0.6 is 0 Å². The van der Waals surface area contributed by atoms with Gasteiger partial charge in [0.15, 0.2) is 5.78 Å². The molecule has 0 unspecified atom stereocenters. The molecule has 2 aliphatic rings. The van der Waals surface area contributed by atoms with Crippen LogP contribution in [0.1, 0.15) is 44.6 Å². The summed E-state index contributed by atoms with van der Waals surface area (Å²) in [6.07, 6.45) is 6.10. The van der Waals surface area contributed by atoms with Crippen molar-refractivity contribution in [2.75, 3.05) is 19.8 Å². The number of nitrogens with one attached hydrogen (secondary N) is 3. The summed E-state index contributed by atoms with van der Waals surface area (Å²) in [5, 5.41) is 5.64. The van der Waals surface area contributed by atoms with Crippen LogP contribution in [0.15, 0.2) is 36.4 Å². The number of nitrogens with two attached hydrogens (primary N) is 2. The maximum atomic E-state index is 13.3. The van der Waals surface area contributed by atoms with Gasteiger partial charge in [-0.05, 0) is 49.8 Å². The fourth-order valence-corrected chi connectivity index (χ4v) is 4.02. The second-order valence-corrected chi connectivity index (χ2v) is 9.00. The number of unbranched alkanes of at least 4 members (excludes halogenated alkanes) is 1.